The molecule has 0 saturated heterocycles. The van der Waals surface area contributed by atoms with E-state index in [0.29, 0.717) is 31.6 Å². The second-order valence-electron chi connectivity index (χ2n) is 5.82. The number of thioether (sulfide) groups is 1. The summed E-state index contributed by atoms with van der Waals surface area (Å²) in [6.45, 7) is 8.07. The Morgan fingerprint density at radius 1 is 1.36 bits per heavy atom. The zero-order chi connectivity index (χ0) is 16.8. The van der Waals surface area contributed by atoms with Gasteiger partial charge in [-0.1, -0.05) is 18.3 Å². The Bertz CT molecular complexity index is 423. The Balaban J connectivity index is 2.78. The minimum atomic E-state index is -0.794. The molecule has 0 aromatic carbocycles. The van der Waals surface area contributed by atoms with Gasteiger partial charge in [-0.25, -0.2) is 4.79 Å². The van der Waals surface area contributed by atoms with Crippen LogP contribution in [0.15, 0.2) is 12.2 Å². The van der Waals surface area contributed by atoms with Crippen molar-refractivity contribution in [2.45, 2.75) is 44.8 Å². The van der Waals surface area contributed by atoms with Crippen molar-refractivity contribution in [3.8, 4) is 0 Å². The summed E-state index contributed by atoms with van der Waals surface area (Å²) in [4.78, 5) is 24.2. The van der Waals surface area contributed by atoms with Gasteiger partial charge >= 0.3 is 5.97 Å². The maximum atomic E-state index is 12.3. The average Bonchev–Trinajstić information content (AvgIpc) is 2.48. The molecular formula is C16H26O5S. The summed E-state index contributed by atoms with van der Waals surface area (Å²) >= 11 is 1.17. The van der Waals surface area contributed by atoms with Crippen LogP contribution >= 0.6 is 11.8 Å². The van der Waals surface area contributed by atoms with E-state index in [-0.39, 0.29) is 17.1 Å². The molecule has 1 fully saturated rings. The number of hydrogen-bond acceptors (Lipinski definition) is 6. The molecule has 0 bridgehead atoms. The molecular weight excluding hydrogens is 304 g/mol. The van der Waals surface area contributed by atoms with Gasteiger partial charge in [-0.15, -0.1) is 0 Å². The topological polar surface area (TPSA) is 61.8 Å². The first-order valence-corrected chi connectivity index (χ1v) is 8.63. The largest absolute Gasteiger partial charge is 0.455 e. The maximum absolute atomic E-state index is 12.3. The van der Waals surface area contributed by atoms with E-state index in [0.717, 1.165) is 6.42 Å². The fraction of sp³-hybridized carbons (Fsp3) is 0.750. The fourth-order valence-electron chi connectivity index (χ4n) is 2.61. The lowest BCUT2D eigenvalue weighted by molar-refractivity contribution is -0.170. The summed E-state index contributed by atoms with van der Waals surface area (Å²) in [6, 6.07) is 0. The summed E-state index contributed by atoms with van der Waals surface area (Å²) in [5, 5.41) is 0.0251. The summed E-state index contributed by atoms with van der Waals surface area (Å²) in [7, 11) is 1.62. The van der Waals surface area contributed by atoms with Gasteiger partial charge in [0.25, 0.3) is 0 Å². The minimum absolute atomic E-state index is 0.00662. The molecule has 0 radical (unpaired) electrons. The van der Waals surface area contributed by atoms with E-state index < -0.39 is 11.6 Å². The minimum Gasteiger partial charge on any atom is -0.455 e. The highest BCUT2D eigenvalue weighted by molar-refractivity contribution is 8.13. The first-order valence-electron chi connectivity index (χ1n) is 7.41. The normalized spacial score (nSPS) is 28.2. The van der Waals surface area contributed by atoms with Crippen molar-refractivity contribution >= 4 is 22.8 Å². The molecule has 0 aliphatic heterocycles. The lowest BCUT2D eigenvalue weighted by Gasteiger charge is -2.42. The Kier molecular flexibility index (Phi) is 7.59. The van der Waals surface area contributed by atoms with Gasteiger partial charge in [-0.05, 0) is 39.4 Å². The van der Waals surface area contributed by atoms with Crippen LogP contribution in [0.25, 0.3) is 0 Å². The SMILES string of the molecule is C=C(C)C(=O)OC1(C)CCC(OCCOC)CC1C(=O)SC. The molecule has 22 heavy (non-hydrogen) atoms. The smallest absolute Gasteiger partial charge is 0.333 e. The molecule has 0 spiro atoms. The van der Waals surface area contributed by atoms with Gasteiger partial charge in [0.2, 0.25) is 0 Å². The highest BCUT2D eigenvalue weighted by Gasteiger charge is 2.47. The van der Waals surface area contributed by atoms with Gasteiger partial charge in [-0.3, -0.25) is 4.79 Å². The fourth-order valence-corrected chi connectivity index (χ4v) is 3.24. The predicted octanol–water partition coefficient (Wildman–Crippen LogP) is 2.59. The van der Waals surface area contributed by atoms with E-state index >= 15 is 0 Å². The second-order valence-corrected chi connectivity index (χ2v) is 6.63. The summed E-state index contributed by atoms with van der Waals surface area (Å²) in [6.07, 6.45) is 3.65. The Labute approximate surface area is 136 Å². The molecule has 3 atom stereocenters. The number of carbonyl (C=O) groups is 2. The van der Waals surface area contributed by atoms with Crippen LogP contribution in [0.3, 0.4) is 0 Å². The van der Waals surface area contributed by atoms with Crippen molar-refractivity contribution in [2.75, 3.05) is 26.6 Å². The highest BCUT2D eigenvalue weighted by Crippen LogP contribution is 2.40. The van der Waals surface area contributed by atoms with Crippen LogP contribution in [-0.4, -0.2) is 49.4 Å². The third-order valence-electron chi connectivity index (χ3n) is 4.00. The Morgan fingerprint density at radius 3 is 2.59 bits per heavy atom. The van der Waals surface area contributed by atoms with Crippen LogP contribution in [-0.2, 0) is 23.8 Å². The first kappa shape index (κ1) is 19.2. The van der Waals surface area contributed by atoms with Gasteiger partial charge in [0, 0.05) is 12.7 Å². The number of carbonyl (C=O) groups excluding carboxylic acids is 2. The van der Waals surface area contributed by atoms with Gasteiger partial charge < -0.3 is 14.2 Å². The van der Waals surface area contributed by atoms with E-state index in [1.165, 1.54) is 11.8 Å². The highest BCUT2D eigenvalue weighted by atomic mass is 32.2. The first-order chi connectivity index (χ1) is 10.3. The van der Waals surface area contributed by atoms with Crippen LogP contribution in [0, 0.1) is 5.92 Å². The zero-order valence-corrected chi connectivity index (χ0v) is 14.7. The molecule has 0 aromatic heterocycles. The monoisotopic (exact) mass is 330 g/mol. The Hall–Kier alpha value is -0.850. The lowest BCUT2D eigenvalue weighted by atomic mass is 9.75. The van der Waals surface area contributed by atoms with Crippen LogP contribution in [0.1, 0.15) is 33.1 Å². The molecule has 0 heterocycles. The molecule has 0 aromatic rings. The van der Waals surface area contributed by atoms with Crippen molar-refractivity contribution in [2.24, 2.45) is 5.92 Å². The van der Waals surface area contributed by atoms with Gasteiger partial charge in [-0.2, -0.15) is 0 Å². The molecule has 1 aliphatic carbocycles. The summed E-state index contributed by atoms with van der Waals surface area (Å²) in [5.74, 6) is -0.813. The Morgan fingerprint density at radius 2 is 2.05 bits per heavy atom. The predicted molar refractivity (Wildman–Crippen MR) is 86.8 cm³/mol. The van der Waals surface area contributed by atoms with Gasteiger partial charge in [0.1, 0.15) is 5.60 Å². The van der Waals surface area contributed by atoms with Gasteiger partial charge in [0.05, 0.1) is 25.2 Å². The van der Waals surface area contributed by atoms with Crippen molar-refractivity contribution in [3.05, 3.63) is 12.2 Å². The average molecular weight is 330 g/mol. The number of ether oxygens (including phenoxy) is 3. The van der Waals surface area contributed by atoms with Crippen molar-refractivity contribution < 1.29 is 23.8 Å². The second kappa shape index (κ2) is 8.70. The third-order valence-corrected chi connectivity index (χ3v) is 4.69. The molecule has 0 N–H and O–H groups in total. The zero-order valence-electron chi connectivity index (χ0n) is 13.8. The number of methoxy groups -OCH3 is 1. The van der Waals surface area contributed by atoms with E-state index in [1.807, 2.05) is 6.92 Å². The molecule has 5 nitrogen and oxygen atoms in total. The molecule has 3 unspecified atom stereocenters. The number of rotatable bonds is 7. The molecule has 0 amide bonds. The van der Waals surface area contributed by atoms with Crippen molar-refractivity contribution in [3.63, 3.8) is 0 Å². The van der Waals surface area contributed by atoms with E-state index in [2.05, 4.69) is 6.58 Å². The number of hydrogen-bond donors (Lipinski definition) is 0. The van der Waals surface area contributed by atoms with Crippen LogP contribution in [0.4, 0.5) is 0 Å². The standard InChI is InChI=1S/C16H26O5S/c1-11(2)14(17)21-16(3)7-6-12(20-9-8-19-4)10-13(16)15(18)22-5/h12-13H,1,6-10H2,2-5H3. The summed E-state index contributed by atoms with van der Waals surface area (Å²) < 4.78 is 16.3. The van der Waals surface area contributed by atoms with Crippen LogP contribution in [0.5, 0.6) is 0 Å². The van der Waals surface area contributed by atoms with E-state index in [4.69, 9.17) is 14.2 Å². The van der Waals surface area contributed by atoms with Gasteiger partial charge in [0.15, 0.2) is 5.12 Å². The molecule has 1 saturated carbocycles. The van der Waals surface area contributed by atoms with Crippen molar-refractivity contribution in [1.29, 1.82) is 0 Å². The molecule has 1 rings (SSSR count). The van der Waals surface area contributed by atoms with Crippen LogP contribution < -0.4 is 0 Å². The third kappa shape index (κ3) is 5.11. The molecule has 126 valence electrons. The molecule has 6 heteroatoms. The number of esters is 1. The molecule has 1 aliphatic rings. The quantitative estimate of drug-likeness (QED) is 0.406. The maximum Gasteiger partial charge on any atom is 0.333 e. The van der Waals surface area contributed by atoms with Crippen molar-refractivity contribution in [1.82, 2.24) is 0 Å². The van der Waals surface area contributed by atoms with Crippen LogP contribution in [0.2, 0.25) is 0 Å². The lowest BCUT2D eigenvalue weighted by Crippen LogP contribution is -2.49. The van der Waals surface area contributed by atoms with E-state index in [1.54, 1.807) is 20.3 Å². The van der Waals surface area contributed by atoms with E-state index in [9.17, 15) is 9.59 Å². The summed E-state index contributed by atoms with van der Waals surface area (Å²) in [5.41, 5.74) is -0.452.